The minimum absolute atomic E-state index is 0.521. The second-order valence-corrected chi connectivity index (χ2v) is 12.0. The van der Waals surface area contributed by atoms with Crippen LogP contribution in [0, 0.1) is 11.3 Å². The van der Waals surface area contributed by atoms with E-state index in [0.29, 0.717) is 6.73 Å². The average molecular weight is 286 g/mol. The van der Waals surface area contributed by atoms with Gasteiger partial charge in [0.05, 0.1) is 11.6 Å². The van der Waals surface area contributed by atoms with Crippen LogP contribution >= 0.6 is 0 Å². The number of benzene rings is 1. The van der Waals surface area contributed by atoms with Gasteiger partial charge in [0.15, 0.2) is 0 Å². The fourth-order valence-corrected chi connectivity index (χ4v) is 2.92. The predicted octanol–water partition coefficient (Wildman–Crippen LogP) is 3.77. The number of anilines is 1. The van der Waals surface area contributed by atoms with Crippen LogP contribution < -0.4 is 4.90 Å². The molecule has 0 bridgehead atoms. The van der Waals surface area contributed by atoms with Crippen molar-refractivity contribution in [2.75, 3.05) is 18.2 Å². The van der Waals surface area contributed by atoms with Crippen molar-refractivity contribution in [3.63, 3.8) is 0 Å². The Bertz CT molecular complexity index is 540. The molecule has 106 valence electrons. The number of ether oxygens (including phenoxy) is 1. The Labute approximate surface area is 122 Å². The molecular weight excluding hydrogens is 264 g/mol. The summed E-state index contributed by atoms with van der Waals surface area (Å²) in [5.41, 5.74) is 3.14. The van der Waals surface area contributed by atoms with Gasteiger partial charge in [-0.05, 0) is 17.7 Å². The molecule has 0 aromatic heterocycles. The lowest BCUT2D eigenvalue weighted by Crippen LogP contribution is -2.27. The van der Waals surface area contributed by atoms with Crippen LogP contribution in [-0.2, 0) is 11.2 Å². The van der Waals surface area contributed by atoms with E-state index in [1.54, 1.807) is 0 Å². The number of fused-ring (bicyclic) bond motifs is 1. The summed E-state index contributed by atoms with van der Waals surface area (Å²) in [6, 6.07) is 11.6. The zero-order chi connectivity index (χ0) is 14.6. The third-order valence-corrected chi connectivity index (χ3v) is 5.07. The summed E-state index contributed by atoms with van der Waals surface area (Å²) in [5.74, 6) is 0. The molecule has 0 aliphatic carbocycles. The molecule has 1 heterocycles. The number of rotatable bonds is 5. The fourth-order valence-electron chi connectivity index (χ4n) is 2.17. The van der Waals surface area contributed by atoms with Crippen molar-refractivity contribution in [1.82, 2.24) is 0 Å². The summed E-state index contributed by atoms with van der Waals surface area (Å²) in [7, 11) is -1.05. The number of allylic oxidation sites excluding steroid dienone is 1. The Morgan fingerprint density at radius 2 is 2.05 bits per heavy atom. The normalized spacial score (nSPS) is 14.5. The number of para-hydroxylation sites is 1. The standard InChI is InChI=1S/C16H22N2OSi/c1-20(2,3)9-8-19-13-18-12-14(11-17)10-15-6-4-5-7-16(15)18/h4-7,12H,8-10,13H2,1-3H3. The van der Waals surface area contributed by atoms with Crippen molar-refractivity contribution in [2.45, 2.75) is 32.1 Å². The highest BCUT2D eigenvalue weighted by Crippen LogP contribution is 2.28. The van der Waals surface area contributed by atoms with E-state index in [-0.39, 0.29) is 0 Å². The minimum Gasteiger partial charge on any atom is -0.361 e. The third kappa shape index (κ3) is 3.96. The highest BCUT2D eigenvalue weighted by molar-refractivity contribution is 6.76. The Morgan fingerprint density at radius 1 is 1.30 bits per heavy atom. The minimum atomic E-state index is -1.05. The van der Waals surface area contributed by atoms with E-state index in [9.17, 15) is 0 Å². The van der Waals surface area contributed by atoms with Gasteiger partial charge in [0.2, 0.25) is 0 Å². The molecule has 0 N–H and O–H groups in total. The first-order chi connectivity index (χ1) is 9.49. The van der Waals surface area contributed by atoms with Crippen molar-refractivity contribution in [3.05, 3.63) is 41.6 Å². The maximum atomic E-state index is 9.13. The van der Waals surface area contributed by atoms with E-state index >= 15 is 0 Å². The molecule has 2 rings (SSSR count). The lowest BCUT2D eigenvalue weighted by atomic mass is 10.0. The third-order valence-electron chi connectivity index (χ3n) is 3.36. The predicted molar refractivity (Wildman–Crippen MR) is 85.3 cm³/mol. The Hall–Kier alpha value is -1.57. The quantitative estimate of drug-likeness (QED) is 0.610. The largest absolute Gasteiger partial charge is 0.361 e. The molecule has 20 heavy (non-hydrogen) atoms. The molecule has 1 aliphatic rings. The van der Waals surface area contributed by atoms with E-state index in [4.69, 9.17) is 10.00 Å². The first-order valence-corrected chi connectivity index (χ1v) is 10.7. The molecule has 1 aromatic rings. The van der Waals surface area contributed by atoms with Crippen molar-refractivity contribution in [2.24, 2.45) is 0 Å². The average Bonchev–Trinajstić information content (AvgIpc) is 2.42. The van der Waals surface area contributed by atoms with E-state index in [2.05, 4.69) is 37.8 Å². The van der Waals surface area contributed by atoms with Gasteiger partial charge in [-0.15, -0.1) is 0 Å². The van der Waals surface area contributed by atoms with E-state index in [0.717, 1.165) is 30.3 Å². The monoisotopic (exact) mass is 286 g/mol. The van der Waals surface area contributed by atoms with Gasteiger partial charge in [-0.3, -0.25) is 0 Å². The molecule has 0 spiro atoms. The number of hydrogen-bond donors (Lipinski definition) is 0. The highest BCUT2D eigenvalue weighted by Gasteiger charge is 2.17. The molecule has 0 unspecified atom stereocenters. The molecule has 0 saturated heterocycles. The van der Waals surface area contributed by atoms with Crippen LogP contribution in [0.2, 0.25) is 25.7 Å². The second-order valence-electron chi connectivity index (χ2n) is 6.39. The molecule has 3 nitrogen and oxygen atoms in total. The van der Waals surface area contributed by atoms with Crippen molar-refractivity contribution in [1.29, 1.82) is 5.26 Å². The Morgan fingerprint density at radius 3 is 2.75 bits per heavy atom. The van der Waals surface area contributed by atoms with Gasteiger partial charge >= 0.3 is 0 Å². The van der Waals surface area contributed by atoms with Gasteiger partial charge in [-0.25, -0.2) is 0 Å². The van der Waals surface area contributed by atoms with Crippen molar-refractivity contribution < 1.29 is 4.74 Å². The lowest BCUT2D eigenvalue weighted by Gasteiger charge is -2.27. The molecule has 0 radical (unpaired) electrons. The summed E-state index contributed by atoms with van der Waals surface area (Å²) < 4.78 is 5.81. The smallest absolute Gasteiger partial charge is 0.122 e. The molecule has 0 saturated carbocycles. The fraction of sp³-hybridized carbons (Fsp3) is 0.438. The van der Waals surface area contributed by atoms with Gasteiger partial charge in [-0.1, -0.05) is 37.8 Å². The van der Waals surface area contributed by atoms with E-state index in [1.807, 2.05) is 23.2 Å². The van der Waals surface area contributed by atoms with Gasteiger partial charge in [0.25, 0.3) is 0 Å². The highest BCUT2D eigenvalue weighted by atomic mass is 28.3. The van der Waals surface area contributed by atoms with Crippen LogP contribution in [-0.4, -0.2) is 21.4 Å². The summed E-state index contributed by atoms with van der Waals surface area (Å²) in [4.78, 5) is 2.04. The van der Waals surface area contributed by atoms with Crippen molar-refractivity contribution in [3.8, 4) is 6.07 Å². The maximum Gasteiger partial charge on any atom is 0.122 e. The molecule has 0 fully saturated rings. The van der Waals surface area contributed by atoms with Crippen molar-refractivity contribution >= 4 is 13.8 Å². The van der Waals surface area contributed by atoms with Crippen LogP contribution in [0.5, 0.6) is 0 Å². The molecule has 0 amide bonds. The Balaban J connectivity index is 2.00. The van der Waals surface area contributed by atoms with Crippen LogP contribution in [0.1, 0.15) is 5.56 Å². The number of nitriles is 1. The number of nitrogens with zero attached hydrogens (tertiary/aromatic N) is 2. The summed E-state index contributed by atoms with van der Waals surface area (Å²) in [5, 5.41) is 9.13. The molecule has 4 heteroatoms. The second kappa shape index (κ2) is 6.25. The molecular formula is C16H22N2OSi. The van der Waals surface area contributed by atoms with Gasteiger partial charge in [0, 0.05) is 33.0 Å². The summed E-state index contributed by atoms with van der Waals surface area (Å²) >= 11 is 0. The SMILES string of the molecule is C[Si](C)(C)CCOCN1C=C(C#N)Cc2ccccc21. The van der Waals surface area contributed by atoms with Gasteiger partial charge in [-0.2, -0.15) is 5.26 Å². The molecule has 0 atom stereocenters. The Kier molecular flexibility index (Phi) is 4.63. The zero-order valence-electron chi connectivity index (χ0n) is 12.5. The van der Waals surface area contributed by atoms with Crippen LogP contribution in [0.25, 0.3) is 0 Å². The van der Waals surface area contributed by atoms with Crippen LogP contribution in [0.4, 0.5) is 5.69 Å². The topological polar surface area (TPSA) is 36.3 Å². The summed E-state index contributed by atoms with van der Waals surface area (Å²) in [6.45, 7) is 8.36. The first-order valence-electron chi connectivity index (χ1n) is 7.03. The van der Waals surface area contributed by atoms with Crippen LogP contribution in [0.3, 0.4) is 0 Å². The molecule has 1 aliphatic heterocycles. The zero-order valence-corrected chi connectivity index (χ0v) is 13.5. The van der Waals surface area contributed by atoms with E-state index in [1.165, 1.54) is 5.56 Å². The molecule has 1 aromatic carbocycles. The van der Waals surface area contributed by atoms with Crippen LogP contribution in [0.15, 0.2) is 36.0 Å². The van der Waals surface area contributed by atoms with Gasteiger partial charge < -0.3 is 9.64 Å². The number of hydrogen-bond acceptors (Lipinski definition) is 3. The first kappa shape index (κ1) is 14.8. The van der Waals surface area contributed by atoms with E-state index < -0.39 is 8.07 Å². The maximum absolute atomic E-state index is 9.13. The summed E-state index contributed by atoms with van der Waals surface area (Å²) in [6.07, 6.45) is 2.63. The lowest BCUT2D eigenvalue weighted by molar-refractivity contribution is 0.152. The van der Waals surface area contributed by atoms with Gasteiger partial charge in [0.1, 0.15) is 6.73 Å².